The first-order chi connectivity index (χ1) is 9.56. The van der Waals surface area contributed by atoms with Crippen molar-refractivity contribution < 1.29 is 0 Å². The number of pyridine rings is 1. The second-order valence-corrected chi connectivity index (χ2v) is 6.32. The molecule has 0 aromatic carbocycles. The smallest absolute Gasteiger partial charge is 0.128 e. The molecule has 1 N–H and O–H groups in total. The maximum atomic E-state index is 4.55. The van der Waals surface area contributed by atoms with Gasteiger partial charge in [0.25, 0.3) is 0 Å². The van der Waals surface area contributed by atoms with E-state index < -0.39 is 0 Å². The molecule has 1 atom stereocenters. The summed E-state index contributed by atoms with van der Waals surface area (Å²) in [5, 5.41) is 3.49. The Kier molecular flexibility index (Phi) is 5.38. The molecular weight excluding hydrogens is 248 g/mol. The zero-order valence-corrected chi connectivity index (χ0v) is 13.3. The normalized spacial score (nSPS) is 20.6. The van der Waals surface area contributed by atoms with Gasteiger partial charge in [-0.1, -0.05) is 13.8 Å². The summed E-state index contributed by atoms with van der Waals surface area (Å²) in [7, 11) is 2.20. The van der Waals surface area contributed by atoms with Crippen LogP contribution >= 0.6 is 0 Å². The van der Waals surface area contributed by atoms with Crippen LogP contribution in [0.25, 0.3) is 0 Å². The Labute approximate surface area is 123 Å². The summed E-state index contributed by atoms with van der Waals surface area (Å²) in [6.45, 7) is 12.0. The molecule has 0 aliphatic carbocycles. The average molecular weight is 276 g/mol. The van der Waals surface area contributed by atoms with E-state index in [9.17, 15) is 0 Å². The molecule has 1 fully saturated rings. The minimum absolute atomic E-state index is 0.591. The second-order valence-electron chi connectivity index (χ2n) is 6.32. The zero-order valence-electron chi connectivity index (χ0n) is 13.3. The first-order valence-corrected chi connectivity index (χ1v) is 7.67. The molecule has 1 aromatic rings. The van der Waals surface area contributed by atoms with E-state index in [4.69, 9.17) is 0 Å². The maximum absolute atomic E-state index is 4.55. The summed E-state index contributed by atoms with van der Waals surface area (Å²) in [6, 6.07) is 4.93. The largest absolute Gasteiger partial charge is 0.354 e. The Bertz CT molecular complexity index is 419. The Balaban J connectivity index is 1.95. The molecular formula is C16H28N4. The van der Waals surface area contributed by atoms with Crippen molar-refractivity contribution in [2.75, 3.05) is 38.1 Å². The quantitative estimate of drug-likeness (QED) is 0.891. The highest BCUT2D eigenvalue weighted by Gasteiger charge is 2.21. The van der Waals surface area contributed by atoms with Crippen molar-refractivity contribution in [2.45, 2.75) is 33.4 Å². The fourth-order valence-corrected chi connectivity index (χ4v) is 2.51. The second kappa shape index (κ2) is 7.04. The molecule has 1 unspecified atom stereocenters. The fraction of sp³-hybridized carbons (Fsp3) is 0.688. The van der Waals surface area contributed by atoms with Gasteiger partial charge >= 0.3 is 0 Å². The van der Waals surface area contributed by atoms with E-state index in [1.807, 2.05) is 6.20 Å². The molecule has 0 amide bonds. The Hall–Kier alpha value is -1.13. The molecule has 0 bridgehead atoms. The number of rotatable bonds is 5. The van der Waals surface area contributed by atoms with E-state index in [0.29, 0.717) is 12.0 Å². The van der Waals surface area contributed by atoms with E-state index >= 15 is 0 Å². The summed E-state index contributed by atoms with van der Waals surface area (Å²) >= 11 is 0. The molecule has 1 saturated heterocycles. The van der Waals surface area contributed by atoms with Gasteiger partial charge in [-0.05, 0) is 44.1 Å². The molecule has 0 saturated carbocycles. The molecule has 20 heavy (non-hydrogen) atoms. The maximum Gasteiger partial charge on any atom is 0.128 e. The van der Waals surface area contributed by atoms with E-state index in [1.165, 1.54) is 5.56 Å². The topological polar surface area (TPSA) is 31.4 Å². The van der Waals surface area contributed by atoms with Crippen molar-refractivity contribution >= 4 is 5.82 Å². The van der Waals surface area contributed by atoms with Gasteiger partial charge in [-0.2, -0.15) is 0 Å². The number of aromatic nitrogens is 1. The SMILES string of the molecule is CC(C)CNCc1ccnc(N2CCN(C)C(C)C2)c1. The number of nitrogens with zero attached hydrogens (tertiary/aromatic N) is 3. The number of anilines is 1. The lowest BCUT2D eigenvalue weighted by Crippen LogP contribution is -2.50. The van der Waals surface area contributed by atoms with Crippen molar-refractivity contribution in [2.24, 2.45) is 5.92 Å². The molecule has 2 rings (SSSR count). The van der Waals surface area contributed by atoms with Gasteiger partial charge in [0, 0.05) is 38.4 Å². The summed E-state index contributed by atoms with van der Waals surface area (Å²) in [4.78, 5) is 9.35. The molecule has 1 aromatic heterocycles. The monoisotopic (exact) mass is 276 g/mol. The summed E-state index contributed by atoms with van der Waals surface area (Å²) in [5.74, 6) is 1.81. The molecule has 0 radical (unpaired) electrons. The van der Waals surface area contributed by atoms with Crippen LogP contribution in [0.5, 0.6) is 0 Å². The van der Waals surface area contributed by atoms with Crippen molar-refractivity contribution in [3.05, 3.63) is 23.9 Å². The summed E-state index contributed by atoms with van der Waals surface area (Å²) in [5.41, 5.74) is 1.32. The van der Waals surface area contributed by atoms with Crippen LogP contribution in [0.4, 0.5) is 5.82 Å². The highest BCUT2D eigenvalue weighted by Crippen LogP contribution is 2.17. The number of hydrogen-bond acceptors (Lipinski definition) is 4. The summed E-state index contributed by atoms with van der Waals surface area (Å²) < 4.78 is 0. The standard InChI is InChI=1S/C16H28N4/c1-13(2)10-17-11-15-5-6-18-16(9-15)20-8-7-19(4)14(3)12-20/h5-6,9,13-14,17H,7-8,10-12H2,1-4H3. The first-order valence-electron chi connectivity index (χ1n) is 7.67. The van der Waals surface area contributed by atoms with E-state index in [0.717, 1.165) is 38.5 Å². The Morgan fingerprint density at radius 3 is 2.90 bits per heavy atom. The van der Waals surface area contributed by atoms with E-state index in [1.54, 1.807) is 0 Å². The minimum Gasteiger partial charge on any atom is -0.354 e. The Morgan fingerprint density at radius 2 is 2.20 bits per heavy atom. The van der Waals surface area contributed by atoms with Crippen LogP contribution in [0.2, 0.25) is 0 Å². The third-order valence-corrected chi connectivity index (χ3v) is 3.98. The zero-order chi connectivity index (χ0) is 14.5. The van der Waals surface area contributed by atoms with Crippen LogP contribution in [0.15, 0.2) is 18.3 Å². The molecule has 4 nitrogen and oxygen atoms in total. The van der Waals surface area contributed by atoms with Crippen molar-refractivity contribution in [1.82, 2.24) is 15.2 Å². The van der Waals surface area contributed by atoms with E-state index in [2.05, 4.69) is 60.1 Å². The van der Waals surface area contributed by atoms with Gasteiger partial charge in [0.15, 0.2) is 0 Å². The van der Waals surface area contributed by atoms with Crippen LogP contribution < -0.4 is 10.2 Å². The number of piperazine rings is 1. The lowest BCUT2D eigenvalue weighted by atomic mass is 10.2. The minimum atomic E-state index is 0.591. The van der Waals surface area contributed by atoms with Gasteiger partial charge in [-0.15, -0.1) is 0 Å². The predicted molar refractivity (Wildman–Crippen MR) is 85.1 cm³/mol. The number of nitrogens with one attached hydrogen (secondary N) is 1. The van der Waals surface area contributed by atoms with Crippen molar-refractivity contribution in [3.8, 4) is 0 Å². The van der Waals surface area contributed by atoms with Gasteiger partial charge in [0.2, 0.25) is 0 Å². The third kappa shape index (κ3) is 4.18. The van der Waals surface area contributed by atoms with Gasteiger partial charge in [0.1, 0.15) is 5.82 Å². The fourth-order valence-electron chi connectivity index (χ4n) is 2.51. The molecule has 1 aliphatic rings. The van der Waals surface area contributed by atoms with E-state index in [-0.39, 0.29) is 0 Å². The molecule has 112 valence electrons. The van der Waals surface area contributed by atoms with Crippen molar-refractivity contribution in [1.29, 1.82) is 0 Å². The lowest BCUT2D eigenvalue weighted by Gasteiger charge is -2.38. The molecule has 2 heterocycles. The first kappa shape index (κ1) is 15.3. The predicted octanol–water partition coefficient (Wildman–Crippen LogP) is 1.97. The highest BCUT2D eigenvalue weighted by atomic mass is 15.3. The molecule has 4 heteroatoms. The average Bonchev–Trinajstić information content (AvgIpc) is 2.42. The van der Waals surface area contributed by atoms with Gasteiger partial charge in [-0.3, -0.25) is 0 Å². The lowest BCUT2D eigenvalue weighted by molar-refractivity contribution is 0.233. The highest BCUT2D eigenvalue weighted by molar-refractivity contribution is 5.41. The van der Waals surface area contributed by atoms with Crippen LogP contribution in [-0.2, 0) is 6.54 Å². The third-order valence-electron chi connectivity index (χ3n) is 3.98. The van der Waals surface area contributed by atoms with Gasteiger partial charge in [0.05, 0.1) is 0 Å². The Morgan fingerprint density at radius 1 is 1.40 bits per heavy atom. The summed E-state index contributed by atoms with van der Waals surface area (Å²) in [6.07, 6.45) is 1.94. The van der Waals surface area contributed by atoms with Crippen LogP contribution in [0, 0.1) is 5.92 Å². The van der Waals surface area contributed by atoms with Crippen LogP contribution in [0.3, 0.4) is 0 Å². The molecule has 1 aliphatic heterocycles. The number of hydrogen-bond donors (Lipinski definition) is 1. The van der Waals surface area contributed by atoms with Crippen LogP contribution in [-0.4, -0.2) is 49.2 Å². The molecule has 0 spiro atoms. The number of likely N-dealkylation sites (N-methyl/N-ethyl adjacent to an activating group) is 1. The van der Waals surface area contributed by atoms with Crippen molar-refractivity contribution in [3.63, 3.8) is 0 Å². The van der Waals surface area contributed by atoms with Gasteiger partial charge in [-0.25, -0.2) is 4.98 Å². The van der Waals surface area contributed by atoms with Gasteiger partial charge < -0.3 is 15.1 Å². The van der Waals surface area contributed by atoms with Crippen LogP contribution in [0.1, 0.15) is 26.3 Å².